The summed E-state index contributed by atoms with van der Waals surface area (Å²) in [4.78, 5) is 13.3. The van der Waals surface area contributed by atoms with Crippen molar-refractivity contribution in [3.63, 3.8) is 0 Å². The lowest BCUT2D eigenvalue weighted by atomic mass is 9.68. The van der Waals surface area contributed by atoms with Crippen molar-refractivity contribution < 1.29 is 4.79 Å². The molecule has 0 bridgehead atoms. The molecule has 28 heavy (non-hydrogen) atoms. The van der Waals surface area contributed by atoms with Gasteiger partial charge in [-0.1, -0.05) is 56.3 Å². The Morgan fingerprint density at radius 3 is 2.39 bits per heavy atom. The standard InChI is InChI=1S/C25H22INO/c1-25(2)13-19-23(22(28)14-25)18-11-15-7-3-4-8-16(15)12-21(18)27-24(19)17-9-5-6-10-20(17)26/h3-12,24,27H,13-14H2,1-2H3/t24-/m1/s1. The topological polar surface area (TPSA) is 29.1 Å². The molecule has 0 spiro atoms. The Labute approximate surface area is 179 Å². The highest BCUT2D eigenvalue weighted by Crippen LogP contribution is 2.51. The second-order valence-corrected chi connectivity index (χ2v) is 9.85. The summed E-state index contributed by atoms with van der Waals surface area (Å²) in [5, 5.41) is 6.17. The summed E-state index contributed by atoms with van der Waals surface area (Å²) in [5.41, 5.74) is 5.56. The van der Waals surface area contributed by atoms with Gasteiger partial charge in [0.25, 0.3) is 0 Å². The fourth-order valence-electron chi connectivity index (χ4n) is 4.72. The lowest BCUT2D eigenvalue weighted by Gasteiger charge is -2.40. The maximum absolute atomic E-state index is 13.3. The highest BCUT2D eigenvalue weighted by atomic mass is 127. The van der Waals surface area contributed by atoms with Crippen molar-refractivity contribution >= 4 is 50.4 Å². The van der Waals surface area contributed by atoms with Gasteiger partial charge in [-0.2, -0.15) is 0 Å². The van der Waals surface area contributed by atoms with Crippen molar-refractivity contribution in [3.8, 4) is 0 Å². The van der Waals surface area contributed by atoms with Gasteiger partial charge in [0.05, 0.1) is 6.04 Å². The van der Waals surface area contributed by atoms with E-state index in [-0.39, 0.29) is 17.2 Å². The van der Waals surface area contributed by atoms with Crippen LogP contribution < -0.4 is 5.32 Å². The third-order valence-electron chi connectivity index (χ3n) is 5.93. The van der Waals surface area contributed by atoms with E-state index in [2.05, 4.69) is 102 Å². The minimum Gasteiger partial charge on any atom is -0.374 e. The molecule has 0 saturated carbocycles. The maximum Gasteiger partial charge on any atom is 0.164 e. The number of anilines is 1. The molecule has 1 aliphatic heterocycles. The Bertz CT molecular complexity index is 1160. The highest BCUT2D eigenvalue weighted by Gasteiger charge is 2.40. The van der Waals surface area contributed by atoms with Crippen LogP contribution in [-0.2, 0) is 4.79 Å². The lowest BCUT2D eigenvalue weighted by molar-refractivity contribution is -0.116. The fraction of sp³-hybridized carbons (Fsp3) is 0.240. The molecular weight excluding hydrogens is 457 g/mol. The van der Waals surface area contributed by atoms with E-state index in [1.54, 1.807) is 0 Å². The first-order valence-electron chi connectivity index (χ1n) is 9.73. The number of nitrogens with one attached hydrogen (secondary N) is 1. The summed E-state index contributed by atoms with van der Waals surface area (Å²) < 4.78 is 1.23. The summed E-state index contributed by atoms with van der Waals surface area (Å²) in [6.07, 6.45) is 1.54. The van der Waals surface area contributed by atoms with E-state index in [1.807, 2.05) is 0 Å². The van der Waals surface area contributed by atoms with Crippen LogP contribution in [0.15, 0.2) is 66.2 Å². The first kappa shape index (κ1) is 17.9. The first-order valence-corrected chi connectivity index (χ1v) is 10.8. The van der Waals surface area contributed by atoms with Crippen LogP contribution in [0.25, 0.3) is 16.3 Å². The fourth-order valence-corrected chi connectivity index (χ4v) is 5.42. The average Bonchev–Trinajstić information content (AvgIpc) is 2.65. The molecule has 3 aromatic carbocycles. The molecule has 140 valence electrons. The zero-order valence-electron chi connectivity index (χ0n) is 16.1. The van der Waals surface area contributed by atoms with Gasteiger partial charge in [-0.25, -0.2) is 0 Å². The molecular formula is C25H22INO. The number of carbonyl (C=O) groups excluding carboxylic acids is 1. The molecule has 0 unspecified atom stereocenters. The Balaban J connectivity index is 1.79. The molecule has 2 aliphatic rings. The van der Waals surface area contributed by atoms with E-state index in [0.29, 0.717) is 6.42 Å². The van der Waals surface area contributed by atoms with Crippen LogP contribution in [0.1, 0.15) is 43.9 Å². The van der Waals surface area contributed by atoms with Gasteiger partial charge < -0.3 is 5.32 Å². The number of benzene rings is 3. The van der Waals surface area contributed by atoms with Gasteiger partial charge in [-0.3, -0.25) is 4.79 Å². The molecule has 0 saturated heterocycles. The van der Waals surface area contributed by atoms with Gasteiger partial charge in [0.15, 0.2) is 5.78 Å². The first-order chi connectivity index (χ1) is 13.4. The highest BCUT2D eigenvalue weighted by molar-refractivity contribution is 14.1. The SMILES string of the molecule is CC1(C)CC(=O)C2=C(C1)[C@@H](c1ccccc1I)Nc1cc3ccccc3cc12. The molecule has 3 aromatic rings. The zero-order chi connectivity index (χ0) is 19.5. The minimum absolute atomic E-state index is 0.00951. The predicted molar refractivity (Wildman–Crippen MR) is 124 cm³/mol. The van der Waals surface area contributed by atoms with Crippen LogP contribution in [0, 0.1) is 8.99 Å². The van der Waals surface area contributed by atoms with Crippen molar-refractivity contribution in [3.05, 3.63) is 80.9 Å². The smallest absolute Gasteiger partial charge is 0.164 e. The number of fused-ring (bicyclic) bond motifs is 3. The van der Waals surface area contributed by atoms with E-state index < -0.39 is 0 Å². The molecule has 0 aromatic heterocycles. The maximum atomic E-state index is 13.3. The molecule has 1 atom stereocenters. The number of halogens is 1. The summed E-state index contributed by atoms with van der Waals surface area (Å²) >= 11 is 2.41. The van der Waals surface area contributed by atoms with Gasteiger partial charge >= 0.3 is 0 Å². The molecule has 5 rings (SSSR count). The summed E-state index contributed by atoms with van der Waals surface area (Å²) in [5.74, 6) is 0.278. The molecule has 0 radical (unpaired) electrons. The van der Waals surface area contributed by atoms with Crippen LogP contribution in [0.4, 0.5) is 5.69 Å². The lowest BCUT2D eigenvalue weighted by Crippen LogP contribution is -2.32. The second-order valence-electron chi connectivity index (χ2n) is 8.68. The minimum atomic E-state index is -0.00951. The molecule has 2 nitrogen and oxygen atoms in total. The average molecular weight is 479 g/mol. The van der Waals surface area contributed by atoms with Crippen LogP contribution in [0.3, 0.4) is 0 Å². The molecule has 1 N–H and O–H groups in total. The van der Waals surface area contributed by atoms with Crippen molar-refractivity contribution in [1.82, 2.24) is 0 Å². The van der Waals surface area contributed by atoms with E-state index in [9.17, 15) is 4.79 Å². The molecule has 1 aliphatic carbocycles. The van der Waals surface area contributed by atoms with Crippen LogP contribution in [0.5, 0.6) is 0 Å². The van der Waals surface area contributed by atoms with E-state index >= 15 is 0 Å². The van der Waals surface area contributed by atoms with E-state index in [1.165, 1.54) is 25.5 Å². The van der Waals surface area contributed by atoms with Gasteiger partial charge in [0.1, 0.15) is 0 Å². The van der Waals surface area contributed by atoms with Crippen LogP contribution in [0.2, 0.25) is 0 Å². The van der Waals surface area contributed by atoms with Crippen molar-refractivity contribution in [2.45, 2.75) is 32.7 Å². The zero-order valence-corrected chi connectivity index (χ0v) is 18.2. The summed E-state index contributed by atoms with van der Waals surface area (Å²) in [6, 6.07) is 21.3. The van der Waals surface area contributed by atoms with Crippen molar-refractivity contribution in [2.75, 3.05) is 5.32 Å². The number of Topliss-reactive ketones (excluding diaryl/α,β-unsaturated/α-hetero) is 1. The molecule has 0 fully saturated rings. The monoisotopic (exact) mass is 479 g/mol. The van der Waals surface area contributed by atoms with Gasteiger partial charge in [-0.15, -0.1) is 0 Å². The number of carbonyl (C=O) groups is 1. The van der Waals surface area contributed by atoms with Crippen molar-refractivity contribution in [2.24, 2.45) is 5.41 Å². The van der Waals surface area contributed by atoms with E-state index in [0.717, 1.165) is 23.2 Å². The second kappa shape index (κ2) is 6.45. The number of rotatable bonds is 1. The van der Waals surface area contributed by atoms with Gasteiger partial charge in [0, 0.05) is 26.8 Å². The summed E-state index contributed by atoms with van der Waals surface area (Å²) in [6.45, 7) is 4.41. The Morgan fingerprint density at radius 1 is 0.964 bits per heavy atom. The third kappa shape index (κ3) is 2.87. The Morgan fingerprint density at radius 2 is 1.64 bits per heavy atom. The quantitative estimate of drug-likeness (QED) is 0.391. The third-order valence-corrected chi connectivity index (χ3v) is 6.91. The van der Waals surface area contributed by atoms with Crippen LogP contribution in [-0.4, -0.2) is 5.78 Å². The van der Waals surface area contributed by atoms with Crippen LogP contribution >= 0.6 is 22.6 Å². The predicted octanol–water partition coefficient (Wildman–Crippen LogP) is 6.75. The molecule has 0 amide bonds. The number of allylic oxidation sites excluding steroid dienone is 1. The normalized spacial score (nSPS) is 20.5. The van der Waals surface area contributed by atoms with Gasteiger partial charge in [0.2, 0.25) is 0 Å². The summed E-state index contributed by atoms with van der Waals surface area (Å²) in [7, 11) is 0. The largest absolute Gasteiger partial charge is 0.374 e. The Hall–Kier alpha value is -2.14. The Kier molecular flexibility index (Phi) is 4.13. The molecule has 1 heterocycles. The van der Waals surface area contributed by atoms with E-state index in [4.69, 9.17) is 0 Å². The number of hydrogen-bond donors (Lipinski definition) is 1. The van der Waals surface area contributed by atoms with Gasteiger partial charge in [-0.05, 0) is 74.5 Å². The van der Waals surface area contributed by atoms with Crippen molar-refractivity contribution in [1.29, 1.82) is 0 Å². The number of hydrogen-bond acceptors (Lipinski definition) is 2. The number of ketones is 1. The molecule has 3 heteroatoms.